The van der Waals surface area contributed by atoms with Crippen LogP contribution in [0.3, 0.4) is 0 Å². The van der Waals surface area contributed by atoms with Crippen LogP contribution in [0.4, 0.5) is 8.78 Å². The first-order valence-electron chi connectivity index (χ1n) is 8.69. The lowest BCUT2D eigenvalue weighted by Crippen LogP contribution is -2.38. The number of nitrogens with zero attached hydrogens (tertiary/aromatic N) is 2. The molecule has 25 heavy (non-hydrogen) atoms. The second-order valence-electron chi connectivity index (χ2n) is 6.74. The fraction of sp³-hybridized carbons (Fsp3) is 0.474. The van der Waals surface area contributed by atoms with Crippen LogP contribution in [0.5, 0.6) is 0 Å². The van der Waals surface area contributed by atoms with Crippen LogP contribution < -0.4 is 0 Å². The molecule has 6 heteroatoms. The zero-order chi connectivity index (χ0) is 18.0. The third-order valence-corrected chi connectivity index (χ3v) is 5.13. The van der Waals surface area contributed by atoms with E-state index in [-0.39, 0.29) is 11.8 Å². The summed E-state index contributed by atoms with van der Waals surface area (Å²) < 4.78 is 26.4. The van der Waals surface area contributed by atoms with Crippen LogP contribution in [0.25, 0.3) is 0 Å². The molecule has 4 nitrogen and oxygen atoms in total. The SMILES string of the molecule is Cc1n[nH]c(C)c1CCC(=O)N1CCC(c2ccc(F)c(F)c2)CC1. The van der Waals surface area contributed by atoms with Crippen molar-refractivity contribution in [2.24, 2.45) is 0 Å². The Morgan fingerprint density at radius 2 is 1.96 bits per heavy atom. The van der Waals surface area contributed by atoms with E-state index in [2.05, 4.69) is 10.2 Å². The second kappa shape index (κ2) is 7.33. The Bertz CT molecular complexity index is 745. The third-order valence-electron chi connectivity index (χ3n) is 5.13. The maximum Gasteiger partial charge on any atom is 0.222 e. The molecule has 1 aromatic heterocycles. The van der Waals surface area contributed by atoms with E-state index < -0.39 is 11.6 Å². The van der Waals surface area contributed by atoms with Gasteiger partial charge in [0.25, 0.3) is 0 Å². The molecular weight excluding hydrogens is 324 g/mol. The lowest BCUT2D eigenvalue weighted by molar-refractivity contribution is -0.132. The van der Waals surface area contributed by atoms with Crippen molar-refractivity contribution in [2.75, 3.05) is 13.1 Å². The third kappa shape index (κ3) is 3.89. The number of likely N-dealkylation sites (tertiary alicyclic amines) is 1. The summed E-state index contributed by atoms with van der Waals surface area (Å²) in [5, 5.41) is 7.10. The molecule has 0 aliphatic carbocycles. The molecule has 1 aliphatic rings. The van der Waals surface area contributed by atoms with Gasteiger partial charge in [0.1, 0.15) is 0 Å². The molecule has 1 amide bonds. The van der Waals surface area contributed by atoms with Crippen LogP contribution >= 0.6 is 0 Å². The van der Waals surface area contributed by atoms with Gasteiger partial charge in [-0.3, -0.25) is 9.89 Å². The number of benzene rings is 1. The van der Waals surface area contributed by atoms with Gasteiger partial charge >= 0.3 is 0 Å². The van der Waals surface area contributed by atoms with Crippen molar-refractivity contribution in [1.29, 1.82) is 0 Å². The molecule has 1 aliphatic heterocycles. The lowest BCUT2D eigenvalue weighted by atomic mass is 9.89. The lowest BCUT2D eigenvalue weighted by Gasteiger charge is -2.32. The van der Waals surface area contributed by atoms with Crippen LogP contribution in [0.15, 0.2) is 18.2 Å². The first-order valence-corrected chi connectivity index (χ1v) is 8.69. The van der Waals surface area contributed by atoms with Crippen LogP contribution in [0.2, 0.25) is 0 Å². The Hall–Kier alpha value is -2.24. The van der Waals surface area contributed by atoms with Crippen LogP contribution in [-0.4, -0.2) is 34.1 Å². The number of carbonyl (C=O) groups is 1. The van der Waals surface area contributed by atoms with Crippen molar-refractivity contribution < 1.29 is 13.6 Å². The molecule has 134 valence electrons. The minimum absolute atomic E-state index is 0.142. The summed E-state index contributed by atoms with van der Waals surface area (Å²) in [5.74, 6) is -1.30. The monoisotopic (exact) mass is 347 g/mol. The summed E-state index contributed by atoms with van der Waals surface area (Å²) in [6.45, 7) is 5.22. The Morgan fingerprint density at radius 1 is 1.24 bits per heavy atom. The maximum absolute atomic E-state index is 13.4. The molecule has 0 unspecified atom stereocenters. The van der Waals surface area contributed by atoms with Gasteiger partial charge in [-0.05, 0) is 62.3 Å². The van der Waals surface area contributed by atoms with Crippen molar-refractivity contribution >= 4 is 5.91 Å². The molecule has 0 saturated carbocycles. The molecule has 1 saturated heterocycles. The van der Waals surface area contributed by atoms with E-state index in [1.54, 1.807) is 6.07 Å². The van der Waals surface area contributed by atoms with Gasteiger partial charge in [-0.25, -0.2) is 8.78 Å². The average Bonchev–Trinajstić information content (AvgIpc) is 2.93. The number of halogens is 2. The molecular formula is C19H23F2N3O. The normalized spacial score (nSPS) is 15.6. The Labute approximate surface area is 146 Å². The summed E-state index contributed by atoms with van der Waals surface area (Å²) in [6.07, 6.45) is 2.72. The quantitative estimate of drug-likeness (QED) is 0.918. The standard InChI is InChI=1S/C19H23F2N3O/c1-12-16(13(2)23-22-12)4-6-19(25)24-9-7-14(8-10-24)15-3-5-17(20)18(21)11-15/h3,5,11,14H,4,6-10H2,1-2H3,(H,22,23). The highest BCUT2D eigenvalue weighted by atomic mass is 19.2. The van der Waals surface area contributed by atoms with Gasteiger partial charge in [-0.15, -0.1) is 0 Å². The topological polar surface area (TPSA) is 49.0 Å². The molecule has 0 spiro atoms. The smallest absolute Gasteiger partial charge is 0.222 e. The first-order chi connectivity index (χ1) is 12.0. The number of piperidine rings is 1. The molecule has 2 heterocycles. The van der Waals surface area contributed by atoms with Crippen LogP contribution in [-0.2, 0) is 11.2 Å². The van der Waals surface area contributed by atoms with Crippen molar-refractivity contribution in [2.45, 2.75) is 45.4 Å². The van der Waals surface area contributed by atoms with E-state index in [0.717, 1.165) is 35.4 Å². The van der Waals surface area contributed by atoms with Gasteiger partial charge in [-0.1, -0.05) is 6.07 Å². The van der Waals surface area contributed by atoms with Gasteiger partial charge in [0.2, 0.25) is 5.91 Å². The largest absolute Gasteiger partial charge is 0.343 e. The fourth-order valence-electron chi connectivity index (χ4n) is 3.56. The predicted octanol–water partition coefficient (Wildman–Crippen LogP) is 3.64. The fourth-order valence-corrected chi connectivity index (χ4v) is 3.56. The first kappa shape index (κ1) is 17.6. The maximum atomic E-state index is 13.4. The molecule has 0 atom stereocenters. The molecule has 0 radical (unpaired) electrons. The zero-order valence-corrected chi connectivity index (χ0v) is 14.6. The number of H-pyrrole nitrogens is 1. The van der Waals surface area contributed by atoms with E-state index in [1.165, 1.54) is 12.1 Å². The van der Waals surface area contributed by atoms with Gasteiger partial charge in [0.15, 0.2) is 11.6 Å². The molecule has 1 fully saturated rings. The van der Waals surface area contributed by atoms with Crippen LogP contribution in [0, 0.1) is 25.5 Å². The molecule has 1 N–H and O–H groups in total. The Morgan fingerprint density at radius 3 is 2.56 bits per heavy atom. The van der Waals surface area contributed by atoms with Crippen molar-refractivity contribution in [1.82, 2.24) is 15.1 Å². The summed E-state index contributed by atoms with van der Waals surface area (Å²) >= 11 is 0. The van der Waals surface area contributed by atoms with Crippen molar-refractivity contribution in [3.05, 3.63) is 52.3 Å². The van der Waals surface area contributed by atoms with E-state index in [9.17, 15) is 13.6 Å². The van der Waals surface area contributed by atoms with Gasteiger partial charge in [-0.2, -0.15) is 5.10 Å². The Balaban J connectivity index is 1.53. The van der Waals surface area contributed by atoms with E-state index >= 15 is 0 Å². The number of rotatable bonds is 4. The van der Waals surface area contributed by atoms with E-state index in [1.807, 2.05) is 18.7 Å². The molecule has 1 aromatic carbocycles. The Kier molecular flexibility index (Phi) is 5.16. The summed E-state index contributed by atoms with van der Waals surface area (Å²) in [7, 11) is 0. The van der Waals surface area contributed by atoms with Gasteiger partial charge in [0.05, 0.1) is 5.69 Å². The number of hydrogen-bond acceptors (Lipinski definition) is 2. The zero-order valence-electron chi connectivity index (χ0n) is 14.6. The summed E-state index contributed by atoms with van der Waals surface area (Å²) in [4.78, 5) is 14.3. The van der Waals surface area contributed by atoms with Crippen LogP contribution in [0.1, 0.15) is 47.7 Å². The molecule has 0 bridgehead atoms. The number of aromatic nitrogens is 2. The highest BCUT2D eigenvalue weighted by Crippen LogP contribution is 2.29. The average molecular weight is 347 g/mol. The highest BCUT2D eigenvalue weighted by molar-refractivity contribution is 5.76. The summed E-state index contributed by atoms with van der Waals surface area (Å²) in [5.41, 5.74) is 3.89. The number of carbonyl (C=O) groups excluding carboxylic acids is 1. The minimum Gasteiger partial charge on any atom is -0.343 e. The van der Waals surface area contributed by atoms with Gasteiger partial charge in [0, 0.05) is 25.2 Å². The number of nitrogens with one attached hydrogen (secondary N) is 1. The van der Waals surface area contributed by atoms with Gasteiger partial charge < -0.3 is 4.90 Å². The number of aryl methyl sites for hydroxylation is 2. The predicted molar refractivity (Wildman–Crippen MR) is 91.3 cm³/mol. The summed E-state index contributed by atoms with van der Waals surface area (Å²) in [6, 6.07) is 4.10. The number of amides is 1. The molecule has 2 aromatic rings. The highest BCUT2D eigenvalue weighted by Gasteiger charge is 2.24. The van der Waals surface area contributed by atoms with Crippen molar-refractivity contribution in [3.8, 4) is 0 Å². The van der Waals surface area contributed by atoms with E-state index in [4.69, 9.17) is 0 Å². The minimum atomic E-state index is -0.818. The van der Waals surface area contributed by atoms with E-state index in [0.29, 0.717) is 25.9 Å². The molecule has 3 rings (SSSR count). The number of hydrogen-bond donors (Lipinski definition) is 1. The second-order valence-corrected chi connectivity index (χ2v) is 6.74. The van der Waals surface area contributed by atoms with Crippen molar-refractivity contribution in [3.63, 3.8) is 0 Å². The number of aromatic amines is 1.